The Balaban J connectivity index is 0.000000157. The van der Waals surface area contributed by atoms with Crippen LogP contribution in [0.1, 0.15) is 61.8 Å². The summed E-state index contributed by atoms with van der Waals surface area (Å²) in [4.78, 5) is 46.3. The van der Waals surface area contributed by atoms with E-state index in [9.17, 15) is 9.59 Å². The van der Waals surface area contributed by atoms with E-state index in [0.717, 1.165) is 93.7 Å². The van der Waals surface area contributed by atoms with Crippen LogP contribution >= 0.6 is 0 Å². The van der Waals surface area contributed by atoms with Crippen LogP contribution in [0.25, 0.3) is 0 Å². The van der Waals surface area contributed by atoms with Gasteiger partial charge in [-0.2, -0.15) is 0 Å². The summed E-state index contributed by atoms with van der Waals surface area (Å²) in [6.45, 7) is 6.47. The minimum absolute atomic E-state index is 0. The number of aromatic nitrogens is 4. The Bertz CT molecular complexity index is 2060. The monoisotopic (exact) mass is 739 g/mol. The maximum Gasteiger partial charge on any atom is 0.337 e. The number of nitrogens with one attached hydrogen (secondary N) is 4. The highest BCUT2D eigenvalue weighted by molar-refractivity contribution is 6.75. The normalized spacial score (nSPS) is 14.0. The van der Waals surface area contributed by atoms with Crippen molar-refractivity contribution in [2.75, 3.05) is 62.1 Å². The molecule has 2 aromatic heterocycles. The maximum absolute atomic E-state index is 11.6. The first-order valence-electron chi connectivity index (χ1n) is 17.8. The van der Waals surface area contributed by atoms with E-state index >= 15 is 0 Å². The highest BCUT2D eigenvalue weighted by Crippen LogP contribution is 2.31. The van der Waals surface area contributed by atoms with Crippen molar-refractivity contribution in [3.63, 3.8) is 0 Å². The van der Waals surface area contributed by atoms with E-state index in [1.165, 1.54) is 42.2 Å². The van der Waals surface area contributed by atoms with Gasteiger partial charge in [-0.3, -0.25) is 4.99 Å². The van der Waals surface area contributed by atoms with Crippen LogP contribution in [0.4, 0.5) is 17.1 Å². The van der Waals surface area contributed by atoms with Crippen LogP contribution in [0.2, 0.25) is 0 Å². The van der Waals surface area contributed by atoms with Gasteiger partial charge >= 0.3 is 11.9 Å². The van der Waals surface area contributed by atoms with E-state index < -0.39 is 0 Å². The lowest BCUT2D eigenvalue weighted by Crippen LogP contribution is -2.22. The number of anilines is 3. The van der Waals surface area contributed by atoms with Crippen LogP contribution in [0.5, 0.6) is 0 Å². The molecule has 0 spiro atoms. The summed E-state index contributed by atoms with van der Waals surface area (Å²) in [5.74, 6) is 0.453. The summed E-state index contributed by atoms with van der Waals surface area (Å²) in [5.41, 5.74) is 12.1. The number of esters is 2. The first-order chi connectivity index (χ1) is 26.5. The van der Waals surface area contributed by atoms with Crippen molar-refractivity contribution in [2.24, 2.45) is 4.99 Å². The van der Waals surface area contributed by atoms with Crippen LogP contribution in [0, 0.1) is 0 Å². The minimum atomic E-state index is -0.295. The summed E-state index contributed by atoms with van der Waals surface area (Å²) in [6, 6.07) is 18.0. The molecule has 0 unspecified atom stereocenters. The Morgan fingerprint density at radius 1 is 0.709 bits per heavy atom. The predicted octanol–water partition coefficient (Wildman–Crippen LogP) is 4.40. The predicted molar refractivity (Wildman–Crippen MR) is 219 cm³/mol. The number of rotatable bonds is 7. The number of amidine groups is 1. The molecule has 282 valence electrons. The fourth-order valence-electron chi connectivity index (χ4n) is 6.89. The molecule has 55 heavy (non-hydrogen) atoms. The van der Waals surface area contributed by atoms with Gasteiger partial charge in [0.1, 0.15) is 5.84 Å². The molecule has 0 amide bonds. The number of hydrogen-bond donors (Lipinski definition) is 4. The number of hydrogen-bond acceptors (Lipinski definition) is 11. The van der Waals surface area contributed by atoms with E-state index in [2.05, 4.69) is 83.8 Å². The number of methoxy groups -OCH3 is 2. The number of benzene rings is 3. The second-order valence-corrected chi connectivity index (χ2v) is 12.9. The highest BCUT2D eigenvalue weighted by atomic mass is 16.5. The second kappa shape index (κ2) is 19.4. The van der Waals surface area contributed by atoms with Gasteiger partial charge < -0.3 is 39.9 Å². The third-order valence-electron chi connectivity index (χ3n) is 9.60. The first-order valence-corrected chi connectivity index (χ1v) is 17.8. The molecule has 0 bridgehead atoms. The van der Waals surface area contributed by atoms with Gasteiger partial charge in [-0.25, -0.2) is 19.6 Å². The smallest absolute Gasteiger partial charge is 0.337 e. The lowest BCUT2D eigenvalue weighted by Gasteiger charge is -2.19. The lowest BCUT2D eigenvalue weighted by atomic mass is 9.81. The number of carbonyl (C=O) groups is 2. The molecule has 9 rings (SSSR count). The molecule has 0 saturated carbocycles. The van der Waals surface area contributed by atoms with E-state index in [4.69, 9.17) is 4.74 Å². The summed E-state index contributed by atoms with van der Waals surface area (Å²) in [6.07, 6.45) is 10.3. The van der Waals surface area contributed by atoms with Gasteiger partial charge in [-0.1, -0.05) is 31.7 Å². The first kappa shape index (κ1) is 40.2. The van der Waals surface area contributed by atoms with Gasteiger partial charge in [-0.15, -0.1) is 0 Å². The van der Waals surface area contributed by atoms with Crippen molar-refractivity contribution in [1.29, 1.82) is 0 Å². The Labute approximate surface area is 325 Å². The Hall–Kier alpha value is -5.98. The summed E-state index contributed by atoms with van der Waals surface area (Å²) in [7, 11) is 10.8. The highest BCUT2D eigenvalue weighted by Gasteiger charge is 2.23. The standard InChI is InChI=1S/C15H17N5.C14H15N3O2.C10H11NO2.CH4.B2/c1-2-12(15-17-4-5-18-15)7-14-11(1)3-6-20(14)9-13-8-16-10-19-13;1-19-14(18)11-3-2-10-4-5-17(13(10)6-11)8-12-7-15-9-16-12;1-13-10(12)8-3-2-7-4-5-11-9(7)6-8;;1-2/h1-2,7-8,10H,3-6,9H2,(H,16,19)(H,17,18);2-3,6-7,9H,4-5,8H2,1H3,(H,15,16);2-3,6,11H,4-5H2,1H3;1H4;. The van der Waals surface area contributed by atoms with Gasteiger partial charge in [0.05, 0.1) is 69.0 Å². The van der Waals surface area contributed by atoms with Crippen LogP contribution in [-0.4, -0.2) is 100 Å². The van der Waals surface area contributed by atoms with Gasteiger partial charge in [0, 0.05) is 76.7 Å². The molecule has 4 radical (unpaired) electrons. The fourth-order valence-corrected chi connectivity index (χ4v) is 6.89. The summed E-state index contributed by atoms with van der Waals surface area (Å²) < 4.78 is 9.39. The molecule has 15 heteroatoms. The molecule has 0 aliphatic carbocycles. The van der Waals surface area contributed by atoms with Gasteiger partial charge in [0.15, 0.2) is 0 Å². The number of ether oxygens (including phenoxy) is 2. The number of carbonyl (C=O) groups excluding carboxylic acids is 2. The number of nitrogens with zero attached hydrogens (tertiary/aromatic N) is 5. The third-order valence-corrected chi connectivity index (χ3v) is 9.60. The number of fused-ring (bicyclic) bond motifs is 3. The zero-order valence-electron chi connectivity index (χ0n) is 30.6. The van der Waals surface area contributed by atoms with Crippen molar-refractivity contribution in [2.45, 2.75) is 39.8 Å². The van der Waals surface area contributed by atoms with Crippen molar-refractivity contribution < 1.29 is 19.1 Å². The lowest BCUT2D eigenvalue weighted by molar-refractivity contribution is 0.0592. The summed E-state index contributed by atoms with van der Waals surface area (Å²) >= 11 is 0. The number of imidazole rings is 2. The average molecular weight is 739 g/mol. The topological polar surface area (TPSA) is 153 Å². The molecule has 0 fully saturated rings. The maximum atomic E-state index is 11.6. The molecule has 6 heterocycles. The Morgan fingerprint density at radius 3 is 1.82 bits per heavy atom. The number of aliphatic imine (C=N–C) groups is 1. The molecule has 4 aliphatic heterocycles. The SMILES string of the molecule is C.COC(=O)c1ccc2c(c1)N(Cc1cnc[nH]1)CC2.COC(=O)c1ccc2c(c1)NCC2.[B][B].c1ncc(CN2CCc3ccc(C4=NCCN4)cc32)[nH]1. The molecule has 13 nitrogen and oxygen atoms in total. The molecular weight excluding hydrogens is 692 g/mol. The van der Waals surface area contributed by atoms with Crippen LogP contribution in [0.3, 0.4) is 0 Å². The Morgan fingerprint density at radius 2 is 1.27 bits per heavy atom. The molecule has 0 saturated heterocycles. The Kier molecular flexibility index (Phi) is 14.2. The molecule has 5 aromatic rings. The largest absolute Gasteiger partial charge is 0.465 e. The van der Waals surface area contributed by atoms with Gasteiger partial charge in [-0.05, 0) is 66.3 Å². The molecule has 4 aliphatic rings. The molecule has 4 N–H and O–H groups in total. The van der Waals surface area contributed by atoms with E-state index in [0.29, 0.717) is 11.1 Å². The zero-order chi connectivity index (χ0) is 37.9. The summed E-state index contributed by atoms with van der Waals surface area (Å²) in [5, 5.41) is 6.55. The van der Waals surface area contributed by atoms with E-state index in [1.54, 1.807) is 18.7 Å². The third kappa shape index (κ3) is 9.77. The van der Waals surface area contributed by atoms with Crippen molar-refractivity contribution >= 4 is 50.3 Å². The van der Waals surface area contributed by atoms with Crippen LogP contribution in [0.15, 0.2) is 84.6 Å². The van der Waals surface area contributed by atoms with E-state index in [1.807, 2.05) is 42.7 Å². The van der Waals surface area contributed by atoms with E-state index in [-0.39, 0.29) is 19.4 Å². The molecule has 0 atom stereocenters. The van der Waals surface area contributed by atoms with Crippen LogP contribution < -0.4 is 20.4 Å². The van der Waals surface area contributed by atoms with Crippen LogP contribution in [-0.2, 0) is 41.8 Å². The minimum Gasteiger partial charge on any atom is -0.465 e. The number of aromatic amines is 2. The average Bonchev–Trinajstić information content (AvgIpc) is 4.08. The van der Waals surface area contributed by atoms with Crippen molar-refractivity contribution in [1.82, 2.24) is 25.3 Å². The van der Waals surface area contributed by atoms with Gasteiger partial charge in [0.2, 0.25) is 0 Å². The zero-order valence-corrected chi connectivity index (χ0v) is 30.6. The second-order valence-electron chi connectivity index (χ2n) is 12.9. The molecular formula is C40H47B2N9O4. The quantitative estimate of drug-likeness (QED) is 0.140. The fraction of sp³-hybridized carbons (Fsp3) is 0.325. The molecule has 3 aromatic carbocycles. The van der Waals surface area contributed by atoms with Crippen molar-refractivity contribution in [3.8, 4) is 0 Å². The van der Waals surface area contributed by atoms with Crippen molar-refractivity contribution in [3.05, 3.63) is 124 Å². The van der Waals surface area contributed by atoms with Gasteiger partial charge in [0.25, 0.3) is 0 Å². The number of H-pyrrole nitrogens is 2.